The van der Waals surface area contributed by atoms with E-state index < -0.39 is 0 Å². The predicted octanol–water partition coefficient (Wildman–Crippen LogP) is -0.0840. The summed E-state index contributed by atoms with van der Waals surface area (Å²) in [5.41, 5.74) is 7.82. The first-order valence-corrected chi connectivity index (χ1v) is 5.50. The molecule has 1 aromatic rings. The molecule has 1 atom stereocenters. The van der Waals surface area contributed by atoms with Gasteiger partial charge in [0.05, 0.1) is 12.7 Å². The Bertz CT molecular complexity index is 372. The summed E-state index contributed by atoms with van der Waals surface area (Å²) in [6.45, 7) is 2.77. The van der Waals surface area contributed by atoms with Gasteiger partial charge in [0.15, 0.2) is 0 Å². The molecule has 1 unspecified atom stereocenters. The molecule has 0 aromatic heterocycles. The third-order valence-electron chi connectivity index (χ3n) is 2.78. The SMILES string of the molecule is CB1OC(CN)c2cccc(OCCO)c21. The number of nitrogens with two attached hydrogens (primary N) is 1. The quantitative estimate of drug-likeness (QED) is 0.697. The van der Waals surface area contributed by atoms with Gasteiger partial charge < -0.3 is 20.2 Å². The maximum Gasteiger partial charge on any atom is 0.328 e. The van der Waals surface area contributed by atoms with Crippen molar-refractivity contribution < 1.29 is 14.5 Å². The highest BCUT2D eigenvalue weighted by Crippen LogP contribution is 2.27. The second-order valence-corrected chi connectivity index (χ2v) is 3.83. The summed E-state index contributed by atoms with van der Waals surface area (Å²) in [6, 6.07) is 5.84. The van der Waals surface area contributed by atoms with Crippen LogP contribution in [0.5, 0.6) is 5.75 Å². The summed E-state index contributed by atoms with van der Waals surface area (Å²) in [4.78, 5) is 0. The molecule has 4 nitrogen and oxygen atoms in total. The number of fused-ring (bicyclic) bond motifs is 1. The Morgan fingerprint density at radius 2 is 2.38 bits per heavy atom. The lowest BCUT2D eigenvalue weighted by molar-refractivity contribution is 0.202. The molecule has 0 radical (unpaired) electrons. The maximum atomic E-state index is 8.76. The Morgan fingerprint density at radius 3 is 3.06 bits per heavy atom. The molecule has 0 spiro atoms. The maximum absolute atomic E-state index is 8.76. The van der Waals surface area contributed by atoms with E-state index in [2.05, 4.69) is 0 Å². The van der Waals surface area contributed by atoms with Gasteiger partial charge in [-0.15, -0.1) is 0 Å². The molecule has 5 heteroatoms. The Labute approximate surface area is 95.5 Å². The number of hydrogen-bond donors (Lipinski definition) is 2. The van der Waals surface area contributed by atoms with E-state index in [0.717, 1.165) is 16.8 Å². The minimum absolute atomic E-state index is 0.00144. The van der Waals surface area contributed by atoms with E-state index in [1.165, 1.54) is 0 Å². The average molecular weight is 221 g/mol. The van der Waals surface area contributed by atoms with Crippen molar-refractivity contribution in [3.63, 3.8) is 0 Å². The average Bonchev–Trinajstić information content (AvgIpc) is 2.64. The second kappa shape index (κ2) is 4.87. The van der Waals surface area contributed by atoms with Crippen LogP contribution in [0.4, 0.5) is 0 Å². The van der Waals surface area contributed by atoms with Crippen molar-refractivity contribution in [3.8, 4) is 5.75 Å². The lowest BCUT2D eigenvalue weighted by Gasteiger charge is -2.11. The fraction of sp³-hybridized carbons (Fsp3) is 0.455. The number of benzene rings is 1. The van der Waals surface area contributed by atoms with E-state index in [4.69, 9.17) is 20.2 Å². The first kappa shape index (κ1) is 11.5. The van der Waals surface area contributed by atoms with Crippen LogP contribution < -0.4 is 15.9 Å². The Balaban J connectivity index is 2.32. The van der Waals surface area contributed by atoms with Crippen LogP contribution in [0.15, 0.2) is 18.2 Å². The molecule has 3 N–H and O–H groups in total. The molecule has 86 valence electrons. The van der Waals surface area contributed by atoms with Crippen molar-refractivity contribution >= 4 is 12.4 Å². The highest BCUT2D eigenvalue weighted by Gasteiger charge is 2.33. The second-order valence-electron chi connectivity index (χ2n) is 3.83. The van der Waals surface area contributed by atoms with Crippen molar-refractivity contribution in [2.45, 2.75) is 12.9 Å². The molecular formula is C11H16BNO3. The molecule has 0 saturated carbocycles. The van der Waals surface area contributed by atoms with Crippen LogP contribution in [0.3, 0.4) is 0 Å². The Hall–Kier alpha value is -1.04. The van der Waals surface area contributed by atoms with Crippen molar-refractivity contribution in [2.24, 2.45) is 5.73 Å². The normalized spacial score (nSPS) is 18.7. The lowest BCUT2D eigenvalue weighted by Crippen LogP contribution is -2.27. The number of rotatable bonds is 4. The molecule has 0 aliphatic carbocycles. The molecule has 16 heavy (non-hydrogen) atoms. The molecule has 1 aromatic carbocycles. The molecule has 1 aliphatic rings. The summed E-state index contributed by atoms with van der Waals surface area (Å²) < 4.78 is 11.2. The minimum Gasteiger partial charge on any atom is -0.492 e. The van der Waals surface area contributed by atoms with Crippen LogP contribution in [-0.2, 0) is 4.65 Å². The fourth-order valence-corrected chi connectivity index (χ4v) is 2.13. The predicted molar refractivity (Wildman–Crippen MR) is 63.2 cm³/mol. The van der Waals surface area contributed by atoms with Gasteiger partial charge in [0, 0.05) is 6.54 Å². The topological polar surface area (TPSA) is 64.7 Å². The van der Waals surface area contributed by atoms with Crippen LogP contribution in [-0.4, -0.2) is 31.8 Å². The standard InChI is InChI=1S/C11H16BNO3/c1-12-11-8(10(7-13)16-12)3-2-4-9(11)15-6-5-14/h2-4,10,14H,5-7,13H2,1H3. The monoisotopic (exact) mass is 221 g/mol. The first-order chi connectivity index (χ1) is 7.77. The zero-order valence-electron chi connectivity index (χ0n) is 9.35. The van der Waals surface area contributed by atoms with Gasteiger partial charge in [-0.1, -0.05) is 19.0 Å². The molecule has 0 saturated heterocycles. The zero-order valence-corrected chi connectivity index (χ0v) is 9.35. The van der Waals surface area contributed by atoms with E-state index in [0.29, 0.717) is 13.2 Å². The van der Waals surface area contributed by atoms with Gasteiger partial charge in [-0.05, 0) is 17.1 Å². The van der Waals surface area contributed by atoms with Gasteiger partial charge in [0.1, 0.15) is 12.4 Å². The van der Waals surface area contributed by atoms with Crippen molar-refractivity contribution in [3.05, 3.63) is 23.8 Å². The molecule has 0 amide bonds. The Kier molecular flexibility index (Phi) is 3.48. The van der Waals surface area contributed by atoms with Gasteiger partial charge in [-0.25, -0.2) is 0 Å². The fourth-order valence-electron chi connectivity index (χ4n) is 2.13. The number of aliphatic hydroxyl groups is 1. The molecule has 1 heterocycles. The van der Waals surface area contributed by atoms with Crippen molar-refractivity contribution in [1.82, 2.24) is 0 Å². The largest absolute Gasteiger partial charge is 0.492 e. The van der Waals surface area contributed by atoms with Crippen LogP contribution >= 0.6 is 0 Å². The van der Waals surface area contributed by atoms with E-state index in [-0.39, 0.29) is 19.6 Å². The van der Waals surface area contributed by atoms with Crippen molar-refractivity contribution in [1.29, 1.82) is 0 Å². The highest BCUT2D eigenvalue weighted by molar-refractivity contribution is 6.68. The third-order valence-corrected chi connectivity index (χ3v) is 2.78. The van der Waals surface area contributed by atoms with Gasteiger partial charge in [-0.2, -0.15) is 0 Å². The summed E-state index contributed by atoms with van der Waals surface area (Å²) in [5, 5.41) is 8.76. The van der Waals surface area contributed by atoms with E-state index in [1.54, 1.807) is 0 Å². The number of aliphatic hydroxyl groups excluding tert-OH is 1. The van der Waals surface area contributed by atoms with Crippen LogP contribution in [0.25, 0.3) is 0 Å². The highest BCUT2D eigenvalue weighted by atomic mass is 16.5. The molecule has 1 aliphatic heterocycles. The lowest BCUT2D eigenvalue weighted by atomic mass is 9.63. The van der Waals surface area contributed by atoms with Gasteiger partial charge in [-0.3, -0.25) is 0 Å². The van der Waals surface area contributed by atoms with Crippen LogP contribution in [0.1, 0.15) is 11.7 Å². The van der Waals surface area contributed by atoms with Crippen LogP contribution in [0.2, 0.25) is 6.82 Å². The summed E-state index contributed by atoms with van der Waals surface area (Å²) >= 11 is 0. The minimum atomic E-state index is -0.0392. The molecular weight excluding hydrogens is 205 g/mol. The number of hydrogen-bond acceptors (Lipinski definition) is 4. The zero-order chi connectivity index (χ0) is 11.5. The molecule has 2 rings (SSSR count). The van der Waals surface area contributed by atoms with E-state index >= 15 is 0 Å². The summed E-state index contributed by atoms with van der Waals surface area (Å²) in [7, 11) is 0. The van der Waals surface area contributed by atoms with Gasteiger partial charge in [0.25, 0.3) is 0 Å². The summed E-state index contributed by atoms with van der Waals surface area (Å²) in [6.07, 6.45) is -0.0392. The van der Waals surface area contributed by atoms with Gasteiger partial charge in [0.2, 0.25) is 0 Å². The first-order valence-electron chi connectivity index (χ1n) is 5.50. The third kappa shape index (κ3) is 1.94. The van der Waals surface area contributed by atoms with Crippen LogP contribution in [0, 0.1) is 0 Å². The Morgan fingerprint density at radius 1 is 1.56 bits per heavy atom. The smallest absolute Gasteiger partial charge is 0.328 e. The molecule has 0 fully saturated rings. The summed E-state index contributed by atoms with van der Waals surface area (Å²) in [5.74, 6) is 0.787. The number of ether oxygens (including phenoxy) is 1. The molecule has 0 bridgehead atoms. The van der Waals surface area contributed by atoms with E-state index in [9.17, 15) is 0 Å². The van der Waals surface area contributed by atoms with Crippen molar-refractivity contribution in [2.75, 3.05) is 19.8 Å². The van der Waals surface area contributed by atoms with E-state index in [1.807, 2.05) is 25.0 Å². The van der Waals surface area contributed by atoms with Gasteiger partial charge >= 0.3 is 6.92 Å².